The minimum atomic E-state index is -0.453. The number of aromatic nitrogens is 2. The van der Waals surface area contributed by atoms with Gasteiger partial charge in [0.2, 0.25) is 0 Å². The van der Waals surface area contributed by atoms with E-state index >= 15 is 0 Å². The van der Waals surface area contributed by atoms with Crippen molar-refractivity contribution >= 4 is 22.3 Å². The molecule has 0 atom stereocenters. The van der Waals surface area contributed by atoms with Crippen LogP contribution in [0.4, 0.5) is 0 Å². The van der Waals surface area contributed by atoms with E-state index in [9.17, 15) is 9.59 Å². The van der Waals surface area contributed by atoms with Gasteiger partial charge in [0.1, 0.15) is 12.4 Å². The van der Waals surface area contributed by atoms with Gasteiger partial charge in [0, 0.05) is 16.6 Å². The molecule has 1 aliphatic carbocycles. The number of fused-ring (bicyclic) bond motifs is 3. The predicted molar refractivity (Wildman–Crippen MR) is 103 cm³/mol. The summed E-state index contributed by atoms with van der Waals surface area (Å²) in [6, 6.07) is 8.23. The Balaban J connectivity index is 1.50. The highest BCUT2D eigenvalue weighted by molar-refractivity contribution is 7.17. The molecule has 0 radical (unpaired) electrons. The van der Waals surface area contributed by atoms with Gasteiger partial charge in [-0.2, -0.15) is 0 Å². The number of thiazole rings is 1. The number of nitrogens with zero attached hydrogens (tertiary/aromatic N) is 2. The lowest BCUT2D eigenvalue weighted by molar-refractivity contribution is 0.0467. The number of hydrogen-bond donors (Lipinski definition) is 0. The molecule has 2 heterocycles. The van der Waals surface area contributed by atoms with Gasteiger partial charge >= 0.3 is 5.97 Å². The molecule has 0 unspecified atom stereocenters. The van der Waals surface area contributed by atoms with E-state index in [1.165, 1.54) is 10.9 Å². The Morgan fingerprint density at radius 1 is 1.22 bits per heavy atom. The van der Waals surface area contributed by atoms with Gasteiger partial charge in [0.25, 0.3) is 5.56 Å². The third kappa shape index (κ3) is 3.60. The van der Waals surface area contributed by atoms with Gasteiger partial charge in [-0.25, -0.2) is 9.78 Å². The molecule has 6 nitrogen and oxygen atoms in total. The molecule has 0 spiro atoms. The standard InChI is InChI=1S/C20H20N2O4S/c1-2-25-15-9-7-13(8-10-15)19(24)26-12-14-11-18(23)22-16-5-3-4-6-17(16)27-20(22)21-14/h7-11H,2-6,12H2,1H3. The number of hydrogen-bond acceptors (Lipinski definition) is 6. The average Bonchev–Trinajstić information content (AvgIpc) is 3.06. The van der Waals surface area contributed by atoms with Crippen molar-refractivity contribution in [2.45, 2.75) is 39.2 Å². The fourth-order valence-electron chi connectivity index (χ4n) is 3.29. The quantitative estimate of drug-likeness (QED) is 0.631. The highest BCUT2D eigenvalue weighted by Crippen LogP contribution is 2.28. The van der Waals surface area contributed by atoms with Crippen molar-refractivity contribution in [1.29, 1.82) is 0 Å². The summed E-state index contributed by atoms with van der Waals surface area (Å²) in [7, 11) is 0. The summed E-state index contributed by atoms with van der Waals surface area (Å²) >= 11 is 1.56. The Morgan fingerprint density at radius 2 is 2.00 bits per heavy atom. The van der Waals surface area contributed by atoms with E-state index < -0.39 is 5.97 Å². The van der Waals surface area contributed by atoms with Gasteiger partial charge in [0.15, 0.2) is 4.96 Å². The molecule has 0 amide bonds. The van der Waals surface area contributed by atoms with Crippen LogP contribution in [0.15, 0.2) is 35.1 Å². The van der Waals surface area contributed by atoms with E-state index in [2.05, 4.69) is 4.98 Å². The maximum Gasteiger partial charge on any atom is 0.338 e. The van der Waals surface area contributed by atoms with E-state index in [-0.39, 0.29) is 12.2 Å². The molecule has 0 N–H and O–H groups in total. The summed E-state index contributed by atoms with van der Waals surface area (Å²) in [5.74, 6) is 0.251. The zero-order valence-corrected chi connectivity index (χ0v) is 15.9. The molecule has 0 bridgehead atoms. The molecule has 140 valence electrons. The zero-order chi connectivity index (χ0) is 18.8. The van der Waals surface area contributed by atoms with E-state index in [0.29, 0.717) is 28.6 Å². The van der Waals surface area contributed by atoms with Crippen LogP contribution < -0.4 is 10.3 Å². The summed E-state index contributed by atoms with van der Waals surface area (Å²) in [6.45, 7) is 2.44. The molecule has 0 fully saturated rings. The Kier molecular flexibility index (Phi) is 4.94. The van der Waals surface area contributed by atoms with Crippen LogP contribution in [-0.2, 0) is 24.2 Å². The van der Waals surface area contributed by atoms with E-state index in [1.807, 2.05) is 6.92 Å². The molecule has 0 saturated carbocycles. The number of carbonyl (C=O) groups is 1. The monoisotopic (exact) mass is 384 g/mol. The second-order valence-electron chi connectivity index (χ2n) is 6.42. The van der Waals surface area contributed by atoms with Crippen LogP contribution in [0.25, 0.3) is 4.96 Å². The minimum absolute atomic E-state index is 0.0274. The van der Waals surface area contributed by atoms with Crippen LogP contribution in [0.3, 0.4) is 0 Å². The highest BCUT2D eigenvalue weighted by atomic mass is 32.1. The number of aryl methyl sites for hydroxylation is 2. The van der Waals surface area contributed by atoms with Gasteiger partial charge in [-0.15, -0.1) is 11.3 Å². The second-order valence-corrected chi connectivity index (χ2v) is 7.48. The highest BCUT2D eigenvalue weighted by Gasteiger charge is 2.19. The molecule has 1 aromatic carbocycles. The largest absolute Gasteiger partial charge is 0.494 e. The van der Waals surface area contributed by atoms with Crippen LogP contribution in [0.1, 0.15) is 46.4 Å². The lowest BCUT2D eigenvalue weighted by atomic mass is 10.0. The maximum atomic E-state index is 12.5. The van der Waals surface area contributed by atoms with E-state index in [0.717, 1.165) is 31.4 Å². The molecular formula is C20H20N2O4S. The lowest BCUT2D eigenvalue weighted by Gasteiger charge is -2.10. The van der Waals surface area contributed by atoms with Gasteiger partial charge in [-0.05, 0) is 56.9 Å². The summed E-state index contributed by atoms with van der Waals surface area (Å²) in [4.78, 5) is 31.2. The first-order valence-electron chi connectivity index (χ1n) is 9.09. The summed E-state index contributed by atoms with van der Waals surface area (Å²) < 4.78 is 12.4. The summed E-state index contributed by atoms with van der Waals surface area (Å²) in [6.07, 6.45) is 4.18. The van der Waals surface area contributed by atoms with Crippen LogP contribution in [-0.4, -0.2) is 22.0 Å². The van der Waals surface area contributed by atoms with Gasteiger partial charge in [0.05, 0.1) is 17.9 Å². The number of esters is 1. The first-order valence-corrected chi connectivity index (χ1v) is 9.90. The van der Waals surface area contributed by atoms with Crippen molar-refractivity contribution in [3.05, 3.63) is 62.5 Å². The molecule has 4 rings (SSSR count). The summed E-state index contributed by atoms with van der Waals surface area (Å²) in [5, 5.41) is 0. The predicted octanol–water partition coefficient (Wildman–Crippen LogP) is 3.39. The second kappa shape index (κ2) is 7.52. The number of carbonyl (C=O) groups excluding carboxylic acids is 1. The Morgan fingerprint density at radius 3 is 2.78 bits per heavy atom. The SMILES string of the molecule is CCOc1ccc(C(=O)OCc2cc(=O)n3c4c(sc3n2)CCCC4)cc1. The molecule has 27 heavy (non-hydrogen) atoms. The average molecular weight is 384 g/mol. The smallest absolute Gasteiger partial charge is 0.338 e. The third-order valence-corrected chi connectivity index (χ3v) is 5.71. The van der Waals surface area contributed by atoms with Crippen molar-refractivity contribution in [3.8, 4) is 5.75 Å². The number of benzene rings is 1. The molecule has 7 heteroatoms. The lowest BCUT2D eigenvalue weighted by Crippen LogP contribution is -2.18. The number of rotatable bonds is 5. The van der Waals surface area contributed by atoms with Crippen molar-refractivity contribution in [1.82, 2.24) is 9.38 Å². The van der Waals surface area contributed by atoms with Gasteiger partial charge < -0.3 is 9.47 Å². The van der Waals surface area contributed by atoms with Gasteiger partial charge in [-0.3, -0.25) is 9.20 Å². The first-order chi connectivity index (χ1) is 13.2. The topological polar surface area (TPSA) is 69.9 Å². The van der Waals surface area contributed by atoms with E-state index in [1.54, 1.807) is 40.0 Å². The molecule has 0 saturated heterocycles. The molecule has 0 aliphatic heterocycles. The van der Waals surface area contributed by atoms with Crippen LogP contribution in [0, 0.1) is 0 Å². The zero-order valence-electron chi connectivity index (χ0n) is 15.1. The Bertz CT molecular complexity index is 1040. The van der Waals surface area contributed by atoms with Crippen molar-refractivity contribution in [2.24, 2.45) is 0 Å². The fourth-order valence-corrected chi connectivity index (χ4v) is 4.52. The maximum absolute atomic E-state index is 12.5. The van der Waals surface area contributed by atoms with Crippen molar-refractivity contribution < 1.29 is 14.3 Å². The summed E-state index contributed by atoms with van der Waals surface area (Å²) in [5.41, 5.74) is 1.89. The van der Waals surface area contributed by atoms with Gasteiger partial charge in [-0.1, -0.05) is 0 Å². The van der Waals surface area contributed by atoms with Crippen molar-refractivity contribution in [3.63, 3.8) is 0 Å². The van der Waals surface area contributed by atoms with Crippen molar-refractivity contribution in [2.75, 3.05) is 6.61 Å². The third-order valence-electron chi connectivity index (χ3n) is 4.57. The Labute approximate surface area is 160 Å². The van der Waals surface area contributed by atoms with Crippen LogP contribution in [0.2, 0.25) is 0 Å². The molecule has 1 aliphatic rings. The van der Waals surface area contributed by atoms with E-state index in [4.69, 9.17) is 9.47 Å². The molecule has 2 aromatic heterocycles. The first kappa shape index (κ1) is 17.7. The normalized spacial score (nSPS) is 13.4. The molecular weight excluding hydrogens is 364 g/mol. The fraction of sp³-hybridized carbons (Fsp3) is 0.350. The van der Waals surface area contributed by atoms with Crippen LogP contribution >= 0.6 is 11.3 Å². The minimum Gasteiger partial charge on any atom is -0.494 e. The Hall–Kier alpha value is -2.67. The molecule has 3 aromatic rings. The van der Waals surface area contributed by atoms with Crippen LogP contribution in [0.5, 0.6) is 5.75 Å². The number of ether oxygens (including phenoxy) is 2.